The number of hydrogen-bond acceptors (Lipinski definition) is 2. The van der Waals surface area contributed by atoms with Gasteiger partial charge in [0.1, 0.15) is 0 Å². The van der Waals surface area contributed by atoms with Gasteiger partial charge in [0.2, 0.25) is 0 Å². The minimum atomic E-state index is 0.586. The van der Waals surface area contributed by atoms with Crippen LogP contribution < -0.4 is 5.32 Å². The highest BCUT2D eigenvalue weighted by Crippen LogP contribution is 2.17. The fraction of sp³-hybridized carbons (Fsp3) is 0.800. The summed E-state index contributed by atoms with van der Waals surface area (Å²) in [5.74, 6) is 0.586. The molecule has 0 heterocycles. The zero-order valence-corrected chi connectivity index (χ0v) is 9.23. The molecule has 0 rings (SSSR count). The number of rotatable bonds is 4. The SMILES string of the molecule is CC/C(NC)=C(\C(C)C)N(C)C. The van der Waals surface area contributed by atoms with Crippen molar-refractivity contribution in [3.63, 3.8) is 0 Å². The van der Waals surface area contributed by atoms with Crippen molar-refractivity contribution in [1.29, 1.82) is 0 Å². The topological polar surface area (TPSA) is 15.3 Å². The lowest BCUT2D eigenvalue weighted by molar-refractivity contribution is 0.431. The van der Waals surface area contributed by atoms with Gasteiger partial charge in [-0.25, -0.2) is 0 Å². The highest BCUT2D eigenvalue weighted by Gasteiger charge is 2.09. The molecule has 0 amide bonds. The third-order valence-electron chi connectivity index (χ3n) is 1.99. The predicted molar refractivity (Wildman–Crippen MR) is 54.9 cm³/mol. The van der Waals surface area contributed by atoms with E-state index in [2.05, 4.69) is 45.1 Å². The van der Waals surface area contributed by atoms with E-state index in [9.17, 15) is 0 Å². The highest BCUT2D eigenvalue weighted by atomic mass is 15.1. The first-order chi connectivity index (χ1) is 5.54. The van der Waals surface area contributed by atoms with Gasteiger partial charge in [-0.05, 0) is 12.3 Å². The zero-order chi connectivity index (χ0) is 9.72. The summed E-state index contributed by atoms with van der Waals surface area (Å²) in [4.78, 5) is 2.19. The Morgan fingerprint density at radius 3 is 1.92 bits per heavy atom. The van der Waals surface area contributed by atoms with Crippen molar-refractivity contribution in [1.82, 2.24) is 10.2 Å². The molecule has 0 aromatic heterocycles. The Morgan fingerprint density at radius 1 is 1.33 bits per heavy atom. The van der Waals surface area contributed by atoms with Crippen molar-refractivity contribution in [2.45, 2.75) is 27.2 Å². The number of nitrogens with one attached hydrogen (secondary N) is 1. The molecular weight excluding hydrogens is 148 g/mol. The molecule has 0 unspecified atom stereocenters. The zero-order valence-electron chi connectivity index (χ0n) is 9.23. The largest absolute Gasteiger partial charge is 0.390 e. The molecule has 0 aliphatic carbocycles. The van der Waals surface area contributed by atoms with Crippen molar-refractivity contribution in [2.24, 2.45) is 5.92 Å². The maximum Gasteiger partial charge on any atom is 0.0346 e. The minimum Gasteiger partial charge on any atom is -0.390 e. The van der Waals surface area contributed by atoms with Crippen molar-refractivity contribution in [2.75, 3.05) is 21.1 Å². The van der Waals surface area contributed by atoms with E-state index in [1.165, 1.54) is 11.4 Å². The Bertz CT molecular complexity index is 141. The number of hydrogen-bond donors (Lipinski definition) is 1. The molecule has 0 aliphatic rings. The van der Waals surface area contributed by atoms with Gasteiger partial charge in [-0.1, -0.05) is 20.8 Å². The van der Waals surface area contributed by atoms with Crippen LogP contribution in [-0.4, -0.2) is 26.0 Å². The molecular formula is C10H22N2. The summed E-state index contributed by atoms with van der Waals surface area (Å²) < 4.78 is 0. The van der Waals surface area contributed by atoms with E-state index >= 15 is 0 Å². The van der Waals surface area contributed by atoms with Gasteiger partial charge in [0.25, 0.3) is 0 Å². The van der Waals surface area contributed by atoms with Crippen LogP contribution in [0.3, 0.4) is 0 Å². The third kappa shape index (κ3) is 2.76. The summed E-state index contributed by atoms with van der Waals surface area (Å²) in [6, 6.07) is 0. The second-order valence-electron chi connectivity index (χ2n) is 3.52. The fourth-order valence-corrected chi connectivity index (χ4v) is 1.62. The second kappa shape index (κ2) is 5.07. The molecule has 1 N–H and O–H groups in total. The Kier molecular flexibility index (Phi) is 4.79. The van der Waals surface area contributed by atoms with Crippen LogP contribution >= 0.6 is 0 Å². The van der Waals surface area contributed by atoms with Crippen LogP contribution in [0.1, 0.15) is 27.2 Å². The third-order valence-corrected chi connectivity index (χ3v) is 1.99. The highest BCUT2D eigenvalue weighted by molar-refractivity contribution is 5.12. The molecule has 0 spiro atoms. The van der Waals surface area contributed by atoms with Gasteiger partial charge >= 0.3 is 0 Å². The van der Waals surface area contributed by atoms with Crippen molar-refractivity contribution < 1.29 is 0 Å². The fourth-order valence-electron chi connectivity index (χ4n) is 1.62. The normalized spacial score (nSPS) is 12.9. The Morgan fingerprint density at radius 2 is 1.83 bits per heavy atom. The minimum absolute atomic E-state index is 0.586. The maximum atomic E-state index is 3.25. The summed E-state index contributed by atoms with van der Waals surface area (Å²) in [6.07, 6.45) is 1.07. The summed E-state index contributed by atoms with van der Waals surface area (Å²) >= 11 is 0. The lowest BCUT2D eigenvalue weighted by atomic mass is 10.1. The molecule has 0 aromatic rings. The molecule has 0 aliphatic heterocycles. The Labute approximate surface area is 76.6 Å². The molecule has 0 radical (unpaired) electrons. The smallest absolute Gasteiger partial charge is 0.0346 e. The van der Waals surface area contributed by atoms with Crippen LogP contribution in [0.25, 0.3) is 0 Å². The van der Waals surface area contributed by atoms with E-state index in [0.29, 0.717) is 5.92 Å². The standard InChI is InChI=1S/C10H22N2/c1-7-9(11-4)10(8(2)3)12(5)6/h8,11H,7H2,1-6H3/b10-9-. The summed E-state index contributed by atoms with van der Waals surface area (Å²) in [5, 5.41) is 3.25. The average Bonchev–Trinajstić information content (AvgIpc) is 1.98. The quantitative estimate of drug-likeness (QED) is 0.694. The average molecular weight is 170 g/mol. The van der Waals surface area contributed by atoms with Crippen molar-refractivity contribution in [3.8, 4) is 0 Å². The molecule has 0 atom stereocenters. The first kappa shape index (κ1) is 11.3. The van der Waals surface area contributed by atoms with E-state index in [1.807, 2.05) is 7.05 Å². The summed E-state index contributed by atoms with van der Waals surface area (Å²) in [5.41, 5.74) is 2.75. The molecule has 0 aromatic carbocycles. The van der Waals surface area contributed by atoms with Crippen LogP contribution in [0.2, 0.25) is 0 Å². The molecule has 2 nitrogen and oxygen atoms in total. The molecule has 12 heavy (non-hydrogen) atoms. The van der Waals surface area contributed by atoms with E-state index < -0.39 is 0 Å². The van der Waals surface area contributed by atoms with E-state index in [-0.39, 0.29) is 0 Å². The van der Waals surface area contributed by atoms with Crippen LogP contribution in [0.5, 0.6) is 0 Å². The molecule has 0 saturated carbocycles. The predicted octanol–water partition coefficient (Wildman–Crippen LogP) is 2.04. The van der Waals surface area contributed by atoms with Gasteiger partial charge in [0.15, 0.2) is 0 Å². The van der Waals surface area contributed by atoms with Crippen LogP contribution in [-0.2, 0) is 0 Å². The summed E-state index contributed by atoms with van der Waals surface area (Å²) in [6.45, 7) is 6.63. The van der Waals surface area contributed by atoms with Crippen LogP contribution in [0, 0.1) is 5.92 Å². The van der Waals surface area contributed by atoms with Gasteiger partial charge in [0, 0.05) is 32.5 Å². The Hall–Kier alpha value is -0.660. The van der Waals surface area contributed by atoms with Gasteiger partial charge in [0.05, 0.1) is 0 Å². The van der Waals surface area contributed by atoms with E-state index in [1.54, 1.807) is 0 Å². The van der Waals surface area contributed by atoms with Crippen LogP contribution in [0.15, 0.2) is 11.4 Å². The number of nitrogens with zero attached hydrogens (tertiary/aromatic N) is 1. The summed E-state index contributed by atoms with van der Waals surface area (Å²) in [7, 11) is 6.19. The van der Waals surface area contributed by atoms with Gasteiger partial charge in [-0.2, -0.15) is 0 Å². The number of allylic oxidation sites excluding steroid dienone is 2. The van der Waals surface area contributed by atoms with Crippen molar-refractivity contribution >= 4 is 0 Å². The Balaban J connectivity index is 4.76. The maximum absolute atomic E-state index is 3.25. The second-order valence-corrected chi connectivity index (χ2v) is 3.52. The lowest BCUT2D eigenvalue weighted by Gasteiger charge is -2.24. The monoisotopic (exact) mass is 170 g/mol. The van der Waals surface area contributed by atoms with Crippen molar-refractivity contribution in [3.05, 3.63) is 11.4 Å². The van der Waals surface area contributed by atoms with E-state index in [4.69, 9.17) is 0 Å². The molecule has 0 saturated heterocycles. The van der Waals surface area contributed by atoms with Gasteiger partial charge in [-0.15, -0.1) is 0 Å². The van der Waals surface area contributed by atoms with Gasteiger partial charge < -0.3 is 10.2 Å². The first-order valence-corrected chi connectivity index (χ1v) is 4.62. The molecule has 0 bridgehead atoms. The lowest BCUT2D eigenvalue weighted by Crippen LogP contribution is -2.22. The first-order valence-electron chi connectivity index (χ1n) is 4.62. The van der Waals surface area contributed by atoms with E-state index in [0.717, 1.165) is 6.42 Å². The molecule has 2 heteroatoms. The molecule has 72 valence electrons. The van der Waals surface area contributed by atoms with Crippen LogP contribution in [0.4, 0.5) is 0 Å². The molecule has 0 fully saturated rings. The van der Waals surface area contributed by atoms with Gasteiger partial charge in [-0.3, -0.25) is 0 Å².